The predicted octanol–water partition coefficient (Wildman–Crippen LogP) is 2.69. The van der Waals surface area contributed by atoms with E-state index >= 15 is 0 Å². The van der Waals surface area contributed by atoms with Crippen LogP contribution in [0.1, 0.15) is 18.5 Å². The number of nitrogens with zero attached hydrogens (tertiary/aromatic N) is 1. The molecule has 0 bridgehead atoms. The lowest BCUT2D eigenvalue weighted by atomic mass is 10.1. The summed E-state index contributed by atoms with van der Waals surface area (Å²) in [6.45, 7) is 1.55. The van der Waals surface area contributed by atoms with Crippen molar-refractivity contribution in [2.45, 2.75) is 12.8 Å². The number of carboxylic acids is 1. The maximum Gasteiger partial charge on any atom is 0.312 e. The zero-order valence-corrected chi connectivity index (χ0v) is 9.13. The third-order valence-corrected chi connectivity index (χ3v) is 2.35. The van der Waals surface area contributed by atoms with Gasteiger partial charge in [0.2, 0.25) is 0 Å². The molecule has 1 N–H and O–H groups in total. The molecule has 0 amide bonds. The number of rotatable bonds is 2. The first kappa shape index (κ1) is 10.5. The van der Waals surface area contributed by atoms with Gasteiger partial charge in [-0.2, -0.15) is 0 Å². The van der Waals surface area contributed by atoms with E-state index in [0.717, 1.165) is 4.47 Å². The number of carboxylic acid groups (broad SMARTS) is 1. The van der Waals surface area contributed by atoms with Crippen LogP contribution >= 0.6 is 27.5 Å². The van der Waals surface area contributed by atoms with Crippen molar-refractivity contribution >= 4 is 33.5 Å². The Balaban J connectivity index is 3.08. The van der Waals surface area contributed by atoms with E-state index in [-0.39, 0.29) is 0 Å². The second-order valence-electron chi connectivity index (χ2n) is 2.58. The second-order valence-corrected chi connectivity index (χ2v) is 3.90. The Bertz CT molecular complexity index is 343. The van der Waals surface area contributed by atoms with Gasteiger partial charge >= 0.3 is 5.97 Å². The van der Waals surface area contributed by atoms with Gasteiger partial charge in [0.15, 0.2) is 0 Å². The van der Waals surface area contributed by atoms with Gasteiger partial charge in [-0.05, 0) is 28.9 Å². The maximum absolute atomic E-state index is 10.6. The van der Waals surface area contributed by atoms with Gasteiger partial charge in [0.05, 0.1) is 16.6 Å². The molecule has 0 radical (unpaired) electrons. The Labute approximate surface area is 88.9 Å². The van der Waals surface area contributed by atoms with E-state index < -0.39 is 11.9 Å². The van der Waals surface area contributed by atoms with Crippen molar-refractivity contribution in [2.24, 2.45) is 0 Å². The summed E-state index contributed by atoms with van der Waals surface area (Å²) in [7, 11) is 0. The van der Waals surface area contributed by atoms with Crippen molar-refractivity contribution < 1.29 is 9.90 Å². The number of carbonyl (C=O) groups is 1. The second kappa shape index (κ2) is 4.07. The van der Waals surface area contributed by atoms with Crippen LogP contribution in [0.15, 0.2) is 16.7 Å². The SMILES string of the molecule is CC(C(=O)O)c1ncc(Br)cc1Cl. The highest BCUT2D eigenvalue weighted by molar-refractivity contribution is 9.10. The molecule has 1 aromatic heterocycles. The Morgan fingerprint density at radius 1 is 1.77 bits per heavy atom. The van der Waals surface area contributed by atoms with Crippen LogP contribution in [0, 0.1) is 0 Å². The Kier molecular flexibility index (Phi) is 3.27. The van der Waals surface area contributed by atoms with E-state index in [9.17, 15) is 4.79 Å². The summed E-state index contributed by atoms with van der Waals surface area (Å²) >= 11 is 9.00. The molecule has 0 aliphatic heterocycles. The van der Waals surface area contributed by atoms with Gasteiger partial charge < -0.3 is 5.11 Å². The molecule has 0 spiro atoms. The number of halogens is 2. The van der Waals surface area contributed by atoms with Crippen LogP contribution in [0.4, 0.5) is 0 Å². The summed E-state index contributed by atoms with van der Waals surface area (Å²) in [4.78, 5) is 14.6. The van der Waals surface area contributed by atoms with Crippen LogP contribution in [-0.2, 0) is 4.79 Å². The van der Waals surface area contributed by atoms with Gasteiger partial charge in [-0.15, -0.1) is 0 Å². The average Bonchev–Trinajstić information content (AvgIpc) is 2.03. The topological polar surface area (TPSA) is 50.2 Å². The first-order chi connectivity index (χ1) is 6.02. The van der Waals surface area contributed by atoms with Crippen molar-refractivity contribution in [3.05, 3.63) is 27.5 Å². The lowest BCUT2D eigenvalue weighted by Crippen LogP contribution is -2.09. The van der Waals surface area contributed by atoms with Gasteiger partial charge in [-0.1, -0.05) is 11.6 Å². The third-order valence-electron chi connectivity index (χ3n) is 1.62. The van der Waals surface area contributed by atoms with Crippen LogP contribution in [0.3, 0.4) is 0 Å². The third kappa shape index (κ3) is 2.42. The zero-order valence-electron chi connectivity index (χ0n) is 6.79. The highest BCUT2D eigenvalue weighted by atomic mass is 79.9. The minimum absolute atomic E-state index is 0.365. The highest BCUT2D eigenvalue weighted by Crippen LogP contribution is 2.25. The summed E-state index contributed by atoms with van der Waals surface area (Å²) in [5, 5.41) is 9.08. The van der Waals surface area contributed by atoms with Crippen molar-refractivity contribution in [3.8, 4) is 0 Å². The van der Waals surface area contributed by atoms with Crippen LogP contribution in [-0.4, -0.2) is 16.1 Å². The minimum atomic E-state index is -0.934. The molecule has 1 atom stereocenters. The van der Waals surface area contributed by atoms with E-state index in [0.29, 0.717) is 10.7 Å². The molecule has 70 valence electrons. The van der Waals surface area contributed by atoms with Crippen molar-refractivity contribution in [1.29, 1.82) is 0 Å². The van der Waals surface area contributed by atoms with E-state index in [1.807, 2.05) is 0 Å². The molecule has 1 aromatic rings. The largest absolute Gasteiger partial charge is 0.481 e. The number of hydrogen-bond acceptors (Lipinski definition) is 2. The molecule has 0 saturated carbocycles. The number of pyridine rings is 1. The molecule has 0 aromatic carbocycles. The summed E-state index contributed by atoms with van der Waals surface area (Å²) in [6, 6.07) is 1.63. The first-order valence-corrected chi connectivity index (χ1v) is 4.73. The van der Waals surface area contributed by atoms with E-state index in [1.165, 1.54) is 6.20 Å². The first-order valence-electron chi connectivity index (χ1n) is 3.56. The van der Waals surface area contributed by atoms with E-state index in [4.69, 9.17) is 16.7 Å². The maximum atomic E-state index is 10.6. The molecule has 0 saturated heterocycles. The minimum Gasteiger partial charge on any atom is -0.481 e. The Morgan fingerprint density at radius 2 is 2.38 bits per heavy atom. The van der Waals surface area contributed by atoms with E-state index in [1.54, 1.807) is 13.0 Å². The van der Waals surface area contributed by atoms with Gasteiger partial charge in [0.25, 0.3) is 0 Å². The normalized spacial score (nSPS) is 12.5. The van der Waals surface area contributed by atoms with Crippen LogP contribution in [0.5, 0.6) is 0 Å². The van der Waals surface area contributed by atoms with E-state index in [2.05, 4.69) is 20.9 Å². The lowest BCUT2D eigenvalue weighted by molar-refractivity contribution is -0.138. The molecule has 5 heteroatoms. The van der Waals surface area contributed by atoms with Gasteiger partial charge in [-0.25, -0.2) is 0 Å². The fraction of sp³-hybridized carbons (Fsp3) is 0.250. The standard InChI is InChI=1S/C8H7BrClNO2/c1-4(8(12)13)7-6(10)2-5(9)3-11-7/h2-4H,1H3,(H,12,13). The predicted molar refractivity (Wildman–Crippen MR) is 53.0 cm³/mol. The quantitative estimate of drug-likeness (QED) is 0.893. The number of hydrogen-bond donors (Lipinski definition) is 1. The fourth-order valence-electron chi connectivity index (χ4n) is 0.861. The van der Waals surface area contributed by atoms with Crippen LogP contribution in [0.25, 0.3) is 0 Å². The Morgan fingerprint density at radius 3 is 2.85 bits per heavy atom. The average molecular weight is 265 g/mol. The number of aliphatic carboxylic acids is 1. The molecule has 13 heavy (non-hydrogen) atoms. The lowest BCUT2D eigenvalue weighted by Gasteiger charge is -2.07. The van der Waals surface area contributed by atoms with Crippen molar-refractivity contribution in [1.82, 2.24) is 4.98 Å². The molecule has 1 unspecified atom stereocenters. The molecule has 1 rings (SSSR count). The van der Waals surface area contributed by atoms with Gasteiger partial charge in [0.1, 0.15) is 0 Å². The molecular formula is C8H7BrClNO2. The summed E-state index contributed by atoms with van der Waals surface area (Å²) in [5.41, 5.74) is 0.386. The summed E-state index contributed by atoms with van der Waals surface area (Å²) in [6.07, 6.45) is 1.53. The van der Waals surface area contributed by atoms with Crippen LogP contribution in [0.2, 0.25) is 5.02 Å². The monoisotopic (exact) mass is 263 g/mol. The highest BCUT2D eigenvalue weighted by Gasteiger charge is 2.18. The Hall–Kier alpha value is -0.610. The van der Waals surface area contributed by atoms with Gasteiger partial charge in [-0.3, -0.25) is 9.78 Å². The molecule has 1 heterocycles. The summed E-state index contributed by atoms with van der Waals surface area (Å²) < 4.78 is 0.735. The summed E-state index contributed by atoms with van der Waals surface area (Å²) in [5.74, 6) is -1.61. The molecule has 0 aliphatic rings. The molecule has 3 nitrogen and oxygen atoms in total. The smallest absolute Gasteiger partial charge is 0.312 e. The number of aromatic nitrogens is 1. The zero-order chi connectivity index (χ0) is 10.0. The van der Waals surface area contributed by atoms with Crippen LogP contribution < -0.4 is 0 Å². The van der Waals surface area contributed by atoms with Crippen molar-refractivity contribution in [3.63, 3.8) is 0 Å². The van der Waals surface area contributed by atoms with Crippen molar-refractivity contribution in [2.75, 3.05) is 0 Å². The molecular weight excluding hydrogens is 257 g/mol. The molecule has 0 fully saturated rings. The molecule has 0 aliphatic carbocycles. The fourth-order valence-corrected chi connectivity index (χ4v) is 1.65. The van der Waals surface area contributed by atoms with Gasteiger partial charge in [0, 0.05) is 10.7 Å².